The van der Waals surface area contributed by atoms with Crippen molar-refractivity contribution in [2.75, 3.05) is 6.54 Å². The van der Waals surface area contributed by atoms with E-state index >= 15 is 0 Å². The summed E-state index contributed by atoms with van der Waals surface area (Å²) in [6.45, 7) is 1.41. The number of likely N-dealkylation sites (tertiary alicyclic amines) is 1. The Balaban J connectivity index is 1.81. The van der Waals surface area contributed by atoms with Gasteiger partial charge in [-0.2, -0.15) is 0 Å². The molecule has 0 aromatic heterocycles. The maximum absolute atomic E-state index is 12.6. The fourth-order valence-corrected chi connectivity index (χ4v) is 2.84. The molecule has 0 N–H and O–H groups in total. The first-order valence-corrected chi connectivity index (χ1v) is 5.56. The molecule has 0 unspecified atom stereocenters. The molecular weight excluding hydrogens is 186 g/mol. The van der Waals surface area contributed by atoms with Gasteiger partial charge in [0.1, 0.15) is 12.6 Å². The molecule has 1 heterocycles. The van der Waals surface area contributed by atoms with Gasteiger partial charge in [0.2, 0.25) is 0 Å². The van der Waals surface area contributed by atoms with Crippen molar-refractivity contribution in [3.63, 3.8) is 0 Å². The predicted molar refractivity (Wildman–Crippen MR) is 59.7 cm³/mol. The third kappa shape index (κ3) is 1.50. The summed E-state index contributed by atoms with van der Waals surface area (Å²) in [5.41, 5.74) is 1.16. The zero-order chi connectivity index (χ0) is 10.3. The molecule has 1 fully saturated rings. The highest BCUT2D eigenvalue weighted by Gasteiger charge is 2.42. The number of quaternary nitrogens is 1. The molecule has 15 heavy (non-hydrogen) atoms. The summed E-state index contributed by atoms with van der Waals surface area (Å²) in [5.74, 6) is 0.538. The van der Waals surface area contributed by atoms with E-state index in [4.69, 9.17) is 0 Å². The Morgan fingerprint density at radius 1 is 1.20 bits per heavy atom. The van der Waals surface area contributed by atoms with Crippen molar-refractivity contribution in [2.45, 2.75) is 19.0 Å². The maximum Gasteiger partial charge on any atom is 0.108 e. The molecule has 1 aliphatic carbocycles. The Bertz CT molecular complexity index is 387. The van der Waals surface area contributed by atoms with Crippen molar-refractivity contribution in [1.82, 2.24) is 0 Å². The van der Waals surface area contributed by atoms with Gasteiger partial charge in [0.25, 0.3) is 0 Å². The molecule has 2 nitrogen and oxygen atoms in total. The fraction of sp³-hybridized carbons (Fsp3) is 0.385. The standard InChI is InChI=1S/C13H15NO/c15-14(9-11-4-2-1-3-5-11)10-12-6-7-13(14)8-12/h1-7,12-13H,8-10H2/t12-,13+,14-/m0/s1. The lowest BCUT2D eigenvalue weighted by atomic mass is 10.1. The number of hydroxylamine groups is 3. The minimum atomic E-state index is -0.0365. The average Bonchev–Trinajstić information content (AvgIpc) is 2.78. The van der Waals surface area contributed by atoms with E-state index in [1.165, 1.54) is 0 Å². The van der Waals surface area contributed by atoms with Crippen LogP contribution in [0.25, 0.3) is 0 Å². The van der Waals surface area contributed by atoms with Crippen molar-refractivity contribution in [1.29, 1.82) is 0 Å². The van der Waals surface area contributed by atoms with E-state index in [0.29, 0.717) is 12.5 Å². The number of benzene rings is 1. The van der Waals surface area contributed by atoms with Gasteiger partial charge in [0, 0.05) is 17.9 Å². The van der Waals surface area contributed by atoms with Crippen LogP contribution in [0.4, 0.5) is 0 Å². The molecule has 0 radical (unpaired) electrons. The highest BCUT2D eigenvalue weighted by Crippen LogP contribution is 2.38. The van der Waals surface area contributed by atoms with Crippen LogP contribution in [-0.2, 0) is 6.54 Å². The van der Waals surface area contributed by atoms with Crippen molar-refractivity contribution in [3.05, 3.63) is 53.3 Å². The van der Waals surface area contributed by atoms with E-state index in [1.54, 1.807) is 0 Å². The molecule has 2 aliphatic rings. The lowest BCUT2D eigenvalue weighted by Gasteiger charge is -2.44. The summed E-state index contributed by atoms with van der Waals surface area (Å²) >= 11 is 0. The number of fused-ring (bicyclic) bond motifs is 2. The van der Waals surface area contributed by atoms with Crippen LogP contribution in [-0.4, -0.2) is 17.2 Å². The summed E-state index contributed by atoms with van der Waals surface area (Å²) < 4.78 is -0.0365. The molecule has 3 atom stereocenters. The Morgan fingerprint density at radius 3 is 2.60 bits per heavy atom. The molecule has 2 heteroatoms. The molecule has 1 aliphatic heterocycles. The highest BCUT2D eigenvalue weighted by molar-refractivity contribution is 5.15. The van der Waals surface area contributed by atoms with E-state index in [9.17, 15) is 5.21 Å². The average molecular weight is 201 g/mol. The molecule has 78 valence electrons. The second-order valence-corrected chi connectivity index (χ2v) is 4.73. The van der Waals surface area contributed by atoms with Gasteiger partial charge in [-0.25, -0.2) is 0 Å². The zero-order valence-electron chi connectivity index (χ0n) is 8.67. The molecule has 2 bridgehead atoms. The summed E-state index contributed by atoms with van der Waals surface area (Å²) in [7, 11) is 0. The smallest absolute Gasteiger partial charge is 0.108 e. The molecular formula is C13H15NO. The minimum absolute atomic E-state index is 0.0365. The third-order valence-electron chi connectivity index (χ3n) is 3.59. The third-order valence-corrected chi connectivity index (χ3v) is 3.59. The topological polar surface area (TPSA) is 23.1 Å². The summed E-state index contributed by atoms with van der Waals surface area (Å²) in [6, 6.07) is 10.3. The second-order valence-electron chi connectivity index (χ2n) is 4.73. The number of hydrogen-bond acceptors (Lipinski definition) is 1. The van der Waals surface area contributed by atoms with Crippen LogP contribution in [0.15, 0.2) is 42.5 Å². The molecule has 1 saturated heterocycles. The predicted octanol–water partition coefficient (Wildman–Crippen LogP) is 2.46. The molecule has 0 amide bonds. The quantitative estimate of drug-likeness (QED) is 0.409. The van der Waals surface area contributed by atoms with Crippen LogP contribution in [0.1, 0.15) is 12.0 Å². The van der Waals surface area contributed by atoms with Crippen LogP contribution in [0.5, 0.6) is 0 Å². The maximum atomic E-state index is 12.6. The number of rotatable bonds is 2. The fourth-order valence-electron chi connectivity index (χ4n) is 2.84. The van der Waals surface area contributed by atoms with Gasteiger partial charge < -0.3 is 9.85 Å². The first kappa shape index (κ1) is 9.13. The largest absolute Gasteiger partial charge is 0.632 e. The van der Waals surface area contributed by atoms with Gasteiger partial charge in [-0.15, -0.1) is 0 Å². The number of hydrogen-bond donors (Lipinski definition) is 0. The summed E-state index contributed by atoms with van der Waals surface area (Å²) in [6.07, 6.45) is 5.39. The van der Waals surface area contributed by atoms with Gasteiger partial charge in [-0.05, 0) is 6.08 Å². The summed E-state index contributed by atoms with van der Waals surface area (Å²) in [5, 5.41) is 12.6. The Kier molecular flexibility index (Phi) is 1.94. The van der Waals surface area contributed by atoms with Gasteiger partial charge >= 0.3 is 0 Å². The first-order chi connectivity index (χ1) is 7.26. The lowest BCUT2D eigenvalue weighted by molar-refractivity contribution is -0.901. The Labute approximate surface area is 90.0 Å². The molecule has 0 spiro atoms. The van der Waals surface area contributed by atoms with E-state index in [2.05, 4.69) is 12.2 Å². The monoisotopic (exact) mass is 201 g/mol. The normalized spacial score (nSPS) is 37.4. The molecule has 3 rings (SSSR count). The van der Waals surface area contributed by atoms with Gasteiger partial charge in [-0.1, -0.05) is 36.4 Å². The van der Waals surface area contributed by atoms with Gasteiger partial charge in [0.15, 0.2) is 0 Å². The summed E-state index contributed by atoms with van der Waals surface area (Å²) in [4.78, 5) is 0. The Hall–Kier alpha value is -1.12. The van der Waals surface area contributed by atoms with Crippen molar-refractivity contribution in [3.8, 4) is 0 Å². The van der Waals surface area contributed by atoms with E-state index in [1.807, 2.05) is 30.3 Å². The van der Waals surface area contributed by atoms with Gasteiger partial charge in [0.05, 0.1) is 6.54 Å². The lowest BCUT2D eigenvalue weighted by Crippen LogP contribution is -2.45. The minimum Gasteiger partial charge on any atom is -0.632 e. The molecule has 1 aromatic carbocycles. The number of nitrogens with zero attached hydrogens (tertiary/aromatic N) is 1. The van der Waals surface area contributed by atoms with E-state index in [-0.39, 0.29) is 10.7 Å². The second kappa shape index (κ2) is 3.19. The van der Waals surface area contributed by atoms with Crippen LogP contribution in [0, 0.1) is 11.1 Å². The van der Waals surface area contributed by atoms with Crippen LogP contribution < -0.4 is 0 Å². The van der Waals surface area contributed by atoms with Crippen LogP contribution >= 0.6 is 0 Å². The Morgan fingerprint density at radius 2 is 2.00 bits per heavy atom. The molecule has 1 aromatic rings. The zero-order valence-corrected chi connectivity index (χ0v) is 8.67. The first-order valence-electron chi connectivity index (χ1n) is 5.56. The van der Waals surface area contributed by atoms with Crippen molar-refractivity contribution in [2.24, 2.45) is 5.92 Å². The van der Waals surface area contributed by atoms with Gasteiger partial charge in [-0.3, -0.25) is 0 Å². The highest BCUT2D eigenvalue weighted by atomic mass is 16.5. The van der Waals surface area contributed by atoms with E-state index in [0.717, 1.165) is 18.5 Å². The SMILES string of the molecule is [O-][N@@+]1(Cc2ccccc2)C[C@H]2C=C[C@@H]1C2. The molecule has 0 saturated carbocycles. The van der Waals surface area contributed by atoms with E-state index < -0.39 is 0 Å². The van der Waals surface area contributed by atoms with Crippen LogP contribution in [0.2, 0.25) is 0 Å². The van der Waals surface area contributed by atoms with Crippen LogP contribution in [0.3, 0.4) is 0 Å². The van der Waals surface area contributed by atoms with Crippen molar-refractivity contribution < 1.29 is 4.65 Å². The van der Waals surface area contributed by atoms with Crippen molar-refractivity contribution >= 4 is 0 Å².